The first-order valence-corrected chi connectivity index (χ1v) is 10.7. The van der Waals surface area contributed by atoms with Gasteiger partial charge in [-0.1, -0.05) is 30.3 Å². The number of fused-ring (bicyclic) bond motifs is 1. The predicted molar refractivity (Wildman–Crippen MR) is 116 cm³/mol. The van der Waals surface area contributed by atoms with Gasteiger partial charge >= 0.3 is 0 Å². The Balaban J connectivity index is 1.27. The van der Waals surface area contributed by atoms with Crippen molar-refractivity contribution in [3.63, 3.8) is 0 Å². The van der Waals surface area contributed by atoms with Crippen molar-refractivity contribution in [3.8, 4) is 5.75 Å². The zero-order chi connectivity index (χ0) is 20.8. The summed E-state index contributed by atoms with van der Waals surface area (Å²) in [6, 6.07) is 13.8. The molecule has 0 radical (unpaired) electrons. The van der Waals surface area contributed by atoms with Gasteiger partial charge < -0.3 is 19.7 Å². The second kappa shape index (κ2) is 9.94. The van der Waals surface area contributed by atoms with Crippen LogP contribution in [0.25, 0.3) is 0 Å². The summed E-state index contributed by atoms with van der Waals surface area (Å²) in [5, 5.41) is 3.45. The van der Waals surface area contributed by atoms with Crippen LogP contribution >= 0.6 is 0 Å². The monoisotopic (exact) mass is 411 g/mol. The summed E-state index contributed by atoms with van der Waals surface area (Å²) in [4.78, 5) is 6.79. The Kier molecular flexibility index (Phi) is 6.84. The lowest BCUT2D eigenvalue weighted by Crippen LogP contribution is -2.46. The smallest absolute Gasteiger partial charge is 0.193 e. The highest BCUT2D eigenvalue weighted by molar-refractivity contribution is 5.80. The van der Waals surface area contributed by atoms with Crippen molar-refractivity contribution in [3.05, 3.63) is 65.0 Å². The molecule has 1 fully saturated rings. The van der Waals surface area contributed by atoms with Crippen LogP contribution in [0.1, 0.15) is 29.5 Å². The molecule has 1 N–H and O–H groups in total. The minimum atomic E-state index is -0.247. The quantitative estimate of drug-likeness (QED) is 0.601. The molecule has 5 nitrogen and oxygen atoms in total. The summed E-state index contributed by atoms with van der Waals surface area (Å²) in [7, 11) is 1.82. The number of halogens is 1. The van der Waals surface area contributed by atoms with Crippen LogP contribution in [0.3, 0.4) is 0 Å². The van der Waals surface area contributed by atoms with Crippen molar-refractivity contribution >= 4 is 5.96 Å². The lowest BCUT2D eigenvalue weighted by molar-refractivity contribution is -0.0172. The van der Waals surface area contributed by atoms with E-state index in [1.807, 2.05) is 7.05 Å². The number of nitrogens with one attached hydrogen (secondary N) is 1. The molecule has 2 aliphatic heterocycles. The fraction of sp³-hybridized carbons (Fsp3) is 0.458. The molecule has 2 aromatic carbocycles. The Bertz CT molecular complexity index is 864. The number of ether oxygens (including phenoxy) is 2. The highest BCUT2D eigenvalue weighted by Crippen LogP contribution is 2.29. The van der Waals surface area contributed by atoms with Crippen LogP contribution in [0.2, 0.25) is 0 Å². The van der Waals surface area contributed by atoms with E-state index < -0.39 is 0 Å². The number of guanidine groups is 1. The van der Waals surface area contributed by atoms with Crippen molar-refractivity contribution in [2.45, 2.75) is 32.3 Å². The Labute approximate surface area is 177 Å². The minimum absolute atomic E-state index is 0.221. The largest absolute Gasteiger partial charge is 0.467 e. The predicted octanol–water partition coefficient (Wildman–Crippen LogP) is 3.76. The second-order valence-corrected chi connectivity index (χ2v) is 8.01. The van der Waals surface area contributed by atoms with E-state index in [2.05, 4.69) is 45.5 Å². The fourth-order valence-electron chi connectivity index (χ4n) is 4.38. The Morgan fingerprint density at radius 2 is 2.00 bits per heavy atom. The Morgan fingerprint density at radius 3 is 2.77 bits per heavy atom. The maximum absolute atomic E-state index is 13.9. The number of nitrogens with zero attached hydrogens (tertiary/aromatic N) is 2. The van der Waals surface area contributed by atoms with Crippen LogP contribution in [-0.4, -0.2) is 44.3 Å². The van der Waals surface area contributed by atoms with Gasteiger partial charge in [0.15, 0.2) is 12.8 Å². The van der Waals surface area contributed by atoms with Gasteiger partial charge in [0, 0.05) is 32.2 Å². The van der Waals surface area contributed by atoms with E-state index in [0.717, 1.165) is 48.3 Å². The van der Waals surface area contributed by atoms with Crippen LogP contribution in [0.4, 0.5) is 4.39 Å². The minimum Gasteiger partial charge on any atom is -0.467 e. The topological polar surface area (TPSA) is 46.1 Å². The van der Waals surface area contributed by atoms with Crippen molar-refractivity contribution < 1.29 is 13.9 Å². The number of hydrogen-bond acceptors (Lipinski definition) is 3. The van der Waals surface area contributed by atoms with Crippen LogP contribution in [0.15, 0.2) is 47.5 Å². The van der Waals surface area contributed by atoms with Gasteiger partial charge in [-0.2, -0.15) is 0 Å². The third-order valence-corrected chi connectivity index (χ3v) is 5.92. The molecule has 1 saturated heterocycles. The fourth-order valence-corrected chi connectivity index (χ4v) is 4.38. The van der Waals surface area contributed by atoms with E-state index in [4.69, 9.17) is 9.47 Å². The molecule has 0 unspecified atom stereocenters. The Morgan fingerprint density at radius 1 is 1.20 bits per heavy atom. The van der Waals surface area contributed by atoms with Crippen molar-refractivity contribution in [2.75, 3.05) is 33.5 Å². The van der Waals surface area contributed by atoms with Crippen LogP contribution < -0.4 is 10.1 Å². The van der Waals surface area contributed by atoms with E-state index in [9.17, 15) is 4.39 Å². The summed E-state index contributed by atoms with van der Waals surface area (Å²) in [6.45, 7) is 3.31. The summed E-state index contributed by atoms with van der Waals surface area (Å²) in [6.07, 6.45) is 4.15. The molecule has 2 heterocycles. The first kappa shape index (κ1) is 20.7. The molecular weight excluding hydrogens is 381 g/mol. The number of likely N-dealkylation sites (tertiary alicyclic amines) is 1. The number of hydrogen-bond donors (Lipinski definition) is 1. The third kappa shape index (κ3) is 5.11. The standard InChI is InChI=1S/C24H30FN3O2/c1-26-24(28-11-8-19(9-12-28)13-18-5-3-2-4-6-18)27-10-7-20-14-22(25)15-21-16-29-17-30-23(20)21/h2-6,14-15,19H,7-13,16-17H2,1H3,(H,26,27). The summed E-state index contributed by atoms with van der Waals surface area (Å²) < 4.78 is 24.8. The first-order valence-electron chi connectivity index (χ1n) is 10.7. The lowest BCUT2D eigenvalue weighted by Gasteiger charge is -2.34. The molecule has 6 heteroatoms. The van der Waals surface area contributed by atoms with Gasteiger partial charge in [0.1, 0.15) is 11.6 Å². The van der Waals surface area contributed by atoms with Gasteiger partial charge in [-0.3, -0.25) is 4.99 Å². The number of aliphatic imine (C=N–C) groups is 1. The zero-order valence-corrected chi connectivity index (χ0v) is 17.6. The molecule has 160 valence electrons. The van der Waals surface area contributed by atoms with Crippen LogP contribution in [0, 0.1) is 11.7 Å². The van der Waals surface area contributed by atoms with Gasteiger partial charge in [-0.25, -0.2) is 4.39 Å². The van der Waals surface area contributed by atoms with Gasteiger partial charge in [-0.15, -0.1) is 0 Å². The number of piperidine rings is 1. The summed E-state index contributed by atoms with van der Waals surface area (Å²) >= 11 is 0. The molecule has 4 rings (SSSR count). The maximum Gasteiger partial charge on any atom is 0.193 e. The lowest BCUT2D eigenvalue weighted by atomic mass is 9.90. The molecule has 2 aromatic rings. The van der Waals surface area contributed by atoms with Crippen LogP contribution in [-0.2, 0) is 24.2 Å². The molecule has 0 aromatic heterocycles. The van der Waals surface area contributed by atoms with Gasteiger partial charge in [-0.05, 0) is 54.9 Å². The van der Waals surface area contributed by atoms with Gasteiger partial charge in [0.2, 0.25) is 0 Å². The number of rotatable bonds is 5. The third-order valence-electron chi connectivity index (χ3n) is 5.92. The van der Waals surface area contributed by atoms with Crippen molar-refractivity contribution in [1.82, 2.24) is 10.2 Å². The molecule has 0 atom stereocenters. The molecule has 2 aliphatic rings. The molecule has 0 amide bonds. The highest BCUT2D eigenvalue weighted by Gasteiger charge is 2.22. The number of benzene rings is 2. The molecule has 30 heavy (non-hydrogen) atoms. The maximum atomic E-state index is 13.9. The van der Waals surface area contributed by atoms with E-state index in [-0.39, 0.29) is 12.6 Å². The zero-order valence-electron chi connectivity index (χ0n) is 17.6. The summed E-state index contributed by atoms with van der Waals surface area (Å²) in [5.74, 6) is 2.16. The average Bonchev–Trinajstić information content (AvgIpc) is 2.78. The van der Waals surface area contributed by atoms with E-state index in [1.54, 1.807) is 6.07 Å². The second-order valence-electron chi connectivity index (χ2n) is 8.01. The van der Waals surface area contributed by atoms with Crippen LogP contribution in [0.5, 0.6) is 5.75 Å². The Hall–Kier alpha value is -2.60. The van der Waals surface area contributed by atoms with E-state index >= 15 is 0 Å². The van der Waals surface area contributed by atoms with Crippen molar-refractivity contribution in [2.24, 2.45) is 10.9 Å². The first-order chi connectivity index (χ1) is 14.7. The van der Waals surface area contributed by atoms with Gasteiger partial charge in [0.05, 0.1) is 6.61 Å². The highest BCUT2D eigenvalue weighted by atomic mass is 19.1. The molecule has 0 aliphatic carbocycles. The normalized spacial score (nSPS) is 17.4. The SMILES string of the molecule is CN=C(NCCc1cc(F)cc2c1OCOC2)N1CCC(Cc2ccccc2)CC1. The molecule has 0 bridgehead atoms. The van der Waals surface area contributed by atoms with Crippen molar-refractivity contribution in [1.29, 1.82) is 0 Å². The molecular formula is C24H30FN3O2. The van der Waals surface area contributed by atoms with E-state index in [0.29, 0.717) is 19.6 Å². The molecule has 0 saturated carbocycles. The summed E-state index contributed by atoms with van der Waals surface area (Å²) in [5.41, 5.74) is 3.07. The average molecular weight is 412 g/mol. The van der Waals surface area contributed by atoms with Gasteiger partial charge in [0.25, 0.3) is 0 Å². The molecule has 0 spiro atoms. The van der Waals surface area contributed by atoms with E-state index in [1.165, 1.54) is 24.5 Å².